The molecule has 0 atom stereocenters. The summed E-state index contributed by atoms with van der Waals surface area (Å²) in [5.74, 6) is -0.0728. The highest BCUT2D eigenvalue weighted by atomic mass is 32.2. The van der Waals surface area contributed by atoms with Gasteiger partial charge in [-0.15, -0.1) is 11.8 Å². The van der Waals surface area contributed by atoms with Crippen LogP contribution >= 0.6 is 11.8 Å². The highest BCUT2D eigenvalue weighted by molar-refractivity contribution is 7.98. The van der Waals surface area contributed by atoms with Gasteiger partial charge in [0.25, 0.3) is 0 Å². The van der Waals surface area contributed by atoms with Gasteiger partial charge in [-0.05, 0) is 24.5 Å². The van der Waals surface area contributed by atoms with Crippen LogP contribution in [0.2, 0.25) is 0 Å². The molecule has 116 valence electrons. The highest BCUT2D eigenvalue weighted by Crippen LogP contribution is 2.21. The molecule has 2 aromatic rings. The molecule has 0 saturated carbocycles. The van der Waals surface area contributed by atoms with E-state index < -0.39 is 4.92 Å². The van der Waals surface area contributed by atoms with Crippen molar-refractivity contribution in [1.82, 2.24) is 9.78 Å². The summed E-state index contributed by atoms with van der Waals surface area (Å²) in [6.45, 7) is 0.305. The smallest absolute Gasteiger partial charge is 0.306 e. The van der Waals surface area contributed by atoms with Gasteiger partial charge in [0.15, 0.2) is 0 Å². The third-order valence-corrected chi connectivity index (χ3v) is 3.93. The van der Waals surface area contributed by atoms with E-state index in [1.54, 1.807) is 23.7 Å². The summed E-state index contributed by atoms with van der Waals surface area (Å²) in [4.78, 5) is 24.9. The maximum absolute atomic E-state index is 12.2. The quantitative estimate of drug-likeness (QED) is 0.464. The molecule has 7 nitrogen and oxygen atoms in total. The van der Waals surface area contributed by atoms with Crippen LogP contribution in [0.25, 0.3) is 0 Å². The fourth-order valence-electron chi connectivity index (χ4n) is 1.91. The lowest BCUT2D eigenvalue weighted by Crippen LogP contribution is -2.27. The molecular formula is C14H16N4O3S. The molecule has 0 aliphatic heterocycles. The molecule has 0 aliphatic carbocycles. The first-order valence-electron chi connectivity index (χ1n) is 6.58. The first-order valence-corrected chi connectivity index (χ1v) is 7.81. The molecule has 1 heterocycles. The second kappa shape index (κ2) is 7.08. The van der Waals surface area contributed by atoms with Gasteiger partial charge < -0.3 is 4.90 Å². The predicted octanol–water partition coefficient (Wildman–Crippen LogP) is 2.57. The van der Waals surface area contributed by atoms with E-state index in [0.717, 1.165) is 10.6 Å². The molecular weight excluding hydrogens is 304 g/mol. The Morgan fingerprint density at radius 3 is 2.91 bits per heavy atom. The number of carbonyl (C=O) groups is 1. The van der Waals surface area contributed by atoms with Gasteiger partial charge in [0.1, 0.15) is 12.4 Å². The van der Waals surface area contributed by atoms with Crippen molar-refractivity contribution in [3.8, 4) is 0 Å². The van der Waals surface area contributed by atoms with Gasteiger partial charge in [-0.25, -0.2) is 0 Å². The summed E-state index contributed by atoms with van der Waals surface area (Å²) >= 11 is 1.61. The van der Waals surface area contributed by atoms with E-state index in [4.69, 9.17) is 0 Å². The molecule has 0 N–H and O–H groups in total. The standard InChI is InChI=1S/C14H16N4O3S/c1-16(11-4-3-5-13(8-11)22-2)14(19)6-7-17-10-12(9-15-17)18(20)21/h3-5,8-10H,6-7H2,1-2H3. The van der Waals surface area contributed by atoms with Crippen molar-refractivity contribution >= 4 is 29.0 Å². The average Bonchev–Trinajstić information content (AvgIpc) is 3.01. The minimum absolute atomic E-state index is 0.0728. The van der Waals surface area contributed by atoms with Crippen molar-refractivity contribution < 1.29 is 9.72 Å². The van der Waals surface area contributed by atoms with Crippen molar-refractivity contribution in [3.05, 3.63) is 46.8 Å². The van der Waals surface area contributed by atoms with Crippen molar-refractivity contribution in [2.24, 2.45) is 0 Å². The Hall–Kier alpha value is -2.35. The van der Waals surface area contributed by atoms with Gasteiger partial charge in [0.2, 0.25) is 5.91 Å². The Balaban J connectivity index is 1.97. The number of rotatable bonds is 6. The number of hydrogen-bond acceptors (Lipinski definition) is 5. The first-order chi connectivity index (χ1) is 10.5. The summed E-state index contributed by atoms with van der Waals surface area (Å²) in [7, 11) is 1.72. The molecule has 0 bridgehead atoms. The lowest BCUT2D eigenvalue weighted by Gasteiger charge is -2.18. The Morgan fingerprint density at radius 1 is 1.50 bits per heavy atom. The minimum Gasteiger partial charge on any atom is -0.315 e. The predicted molar refractivity (Wildman–Crippen MR) is 85.1 cm³/mol. The molecule has 1 aromatic heterocycles. The first kappa shape index (κ1) is 16.0. The zero-order valence-electron chi connectivity index (χ0n) is 12.3. The number of anilines is 1. The maximum atomic E-state index is 12.2. The fourth-order valence-corrected chi connectivity index (χ4v) is 2.36. The Morgan fingerprint density at radius 2 is 2.27 bits per heavy atom. The van der Waals surface area contributed by atoms with E-state index in [1.807, 2.05) is 30.5 Å². The van der Waals surface area contributed by atoms with Crippen LogP contribution in [-0.2, 0) is 11.3 Å². The molecule has 0 aliphatic rings. The number of benzene rings is 1. The molecule has 1 amide bonds. The monoisotopic (exact) mass is 320 g/mol. The topological polar surface area (TPSA) is 81.3 Å². The van der Waals surface area contributed by atoms with Crippen LogP contribution in [0.1, 0.15) is 6.42 Å². The zero-order valence-corrected chi connectivity index (χ0v) is 13.1. The van der Waals surface area contributed by atoms with E-state index in [2.05, 4.69) is 5.10 Å². The van der Waals surface area contributed by atoms with Crippen LogP contribution in [0.3, 0.4) is 0 Å². The number of carbonyl (C=O) groups excluding carboxylic acids is 1. The molecule has 22 heavy (non-hydrogen) atoms. The van der Waals surface area contributed by atoms with Crippen LogP contribution in [0.15, 0.2) is 41.6 Å². The van der Waals surface area contributed by atoms with Crippen LogP contribution < -0.4 is 4.90 Å². The fraction of sp³-hybridized carbons (Fsp3) is 0.286. The Labute approximate surface area is 132 Å². The summed E-state index contributed by atoms with van der Waals surface area (Å²) in [5.41, 5.74) is 0.747. The number of hydrogen-bond donors (Lipinski definition) is 0. The number of amides is 1. The third kappa shape index (κ3) is 3.85. The van der Waals surface area contributed by atoms with E-state index in [1.165, 1.54) is 17.1 Å². The van der Waals surface area contributed by atoms with Gasteiger partial charge in [0, 0.05) is 30.6 Å². The second-order valence-electron chi connectivity index (χ2n) is 4.62. The third-order valence-electron chi connectivity index (χ3n) is 3.20. The largest absolute Gasteiger partial charge is 0.315 e. The van der Waals surface area contributed by atoms with Crippen molar-refractivity contribution in [1.29, 1.82) is 0 Å². The summed E-state index contributed by atoms with van der Waals surface area (Å²) < 4.78 is 1.40. The lowest BCUT2D eigenvalue weighted by atomic mass is 10.2. The number of nitrogens with zero attached hydrogens (tertiary/aromatic N) is 4. The van der Waals surface area contributed by atoms with E-state index in [0.29, 0.717) is 6.54 Å². The summed E-state index contributed by atoms with van der Waals surface area (Å²) in [6, 6.07) is 7.70. The normalized spacial score (nSPS) is 10.5. The zero-order chi connectivity index (χ0) is 16.1. The van der Waals surface area contributed by atoms with E-state index >= 15 is 0 Å². The lowest BCUT2D eigenvalue weighted by molar-refractivity contribution is -0.385. The van der Waals surface area contributed by atoms with Crippen LogP contribution in [-0.4, -0.2) is 33.9 Å². The number of aryl methyl sites for hydroxylation is 1. The molecule has 0 spiro atoms. The van der Waals surface area contributed by atoms with Crippen molar-refractivity contribution in [3.63, 3.8) is 0 Å². The molecule has 0 unspecified atom stereocenters. The van der Waals surface area contributed by atoms with Crippen LogP contribution in [0.5, 0.6) is 0 Å². The highest BCUT2D eigenvalue weighted by Gasteiger charge is 2.13. The molecule has 2 rings (SSSR count). The van der Waals surface area contributed by atoms with Crippen molar-refractivity contribution in [2.45, 2.75) is 17.9 Å². The minimum atomic E-state index is -0.509. The summed E-state index contributed by atoms with van der Waals surface area (Å²) in [5, 5.41) is 14.5. The van der Waals surface area contributed by atoms with E-state index in [-0.39, 0.29) is 18.0 Å². The maximum Gasteiger partial charge on any atom is 0.306 e. The molecule has 0 radical (unpaired) electrons. The van der Waals surface area contributed by atoms with Gasteiger partial charge in [-0.2, -0.15) is 5.10 Å². The Kier molecular flexibility index (Phi) is 5.16. The Bertz CT molecular complexity index is 686. The molecule has 0 saturated heterocycles. The molecule has 8 heteroatoms. The molecule has 1 aromatic carbocycles. The van der Waals surface area contributed by atoms with Crippen LogP contribution in [0, 0.1) is 10.1 Å². The second-order valence-corrected chi connectivity index (χ2v) is 5.50. The van der Waals surface area contributed by atoms with Gasteiger partial charge in [-0.1, -0.05) is 6.07 Å². The number of thioether (sulfide) groups is 1. The SMILES string of the molecule is CSc1cccc(N(C)C(=O)CCn2cc([N+](=O)[O-])cn2)c1. The van der Waals surface area contributed by atoms with Crippen LogP contribution in [0.4, 0.5) is 11.4 Å². The van der Waals surface area contributed by atoms with Crippen molar-refractivity contribution in [2.75, 3.05) is 18.2 Å². The number of nitro groups is 1. The average molecular weight is 320 g/mol. The van der Waals surface area contributed by atoms with Gasteiger partial charge >= 0.3 is 5.69 Å². The van der Waals surface area contributed by atoms with Gasteiger partial charge in [0.05, 0.1) is 4.92 Å². The van der Waals surface area contributed by atoms with Gasteiger partial charge in [-0.3, -0.25) is 19.6 Å². The summed E-state index contributed by atoms with van der Waals surface area (Å²) in [6.07, 6.45) is 4.70. The van der Waals surface area contributed by atoms with E-state index in [9.17, 15) is 14.9 Å². The molecule has 0 fully saturated rings. The number of aromatic nitrogens is 2.